The Hall–Kier alpha value is -2.02. The molecule has 0 atom stereocenters. The number of carbonyl (C=O) groups is 1. The van der Waals surface area contributed by atoms with Crippen molar-refractivity contribution >= 4 is 5.91 Å². The third-order valence-electron chi connectivity index (χ3n) is 2.50. The summed E-state index contributed by atoms with van der Waals surface area (Å²) in [6, 6.07) is 8.93. The van der Waals surface area contributed by atoms with E-state index in [1.54, 1.807) is 36.2 Å². The van der Waals surface area contributed by atoms with Gasteiger partial charge in [-0.05, 0) is 17.5 Å². The third-order valence-corrected chi connectivity index (χ3v) is 2.50. The van der Waals surface area contributed by atoms with Gasteiger partial charge in [-0.25, -0.2) is 0 Å². The van der Waals surface area contributed by atoms with Crippen LogP contribution in [0.3, 0.4) is 0 Å². The van der Waals surface area contributed by atoms with Crippen molar-refractivity contribution in [3.63, 3.8) is 0 Å². The number of ether oxygens (including phenoxy) is 1. The largest absolute Gasteiger partial charge is 0.482 e. The molecule has 19 heavy (non-hydrogen) atoms. The van der Waals surface area contributed by atoms with Crippen LogP contribution in [0.5, 0.6) is 5.75 Å². The molecule has 102 valence electrons. The maximum Gasteiger partial charge on any atom is 0.260 e. The molecule has 1 aromatic carbocycles. The van der Waals surface area contributed by atoms with Gasteiger partial charge in [0, 0.05) is 13.6 Å². The van der Waals surface area contributed by atoms with Crippen LogP contribution in [0.4, 0.5) is 0 Å². The summed E-state index contributed by atoms with van der Waals surface area (Å²) in [7, 11) is 1.76. The first kappa shape index (κ1) is 15.0. The number of benzene rings is 1. The molecule has 1 amide bonds. The zero-order chi connectivity index (χ0) is 14.5. The minimum absolute atomic E-state index is 0.0503. The average Bonchev–Trinajstić information content (AvgIpc) is 2.34. The number of likely N-dealkylation sites (N-methyl/N-ethyl adjacent to an activating group) is 1. The molecule has 0 aliphatic heterocycles. The molecule has 0 aliphatic carbocycles. The van der Waals surface area contributed by atoms with Gasteiger partial charge >= 0.3 is 0 Å². The van der Waals surface area contributed by atoms with Gasteiger partial charge in [-0.15, -0.1) is 0 Å². The number of hydrogen-bond acceptors (Lipinski definition) is 3. The van der Waals surface area contributed by atoms with Crippen molar-refractivity contribution in [2.75, 3.05) is 20.2 Å². The van der Waals surface area contributed by atoms with Gasteiger partial charge in [0.15, 0.2) is 6.61 Å². The zero-order valence-electron chi connectivity index (χ0n) is 11.9. The first-order valence-electron chi connectivity index (χ1n) is 6.19. The predicted octanol–water partition coefficient (Wildman–Crippen LogP) is 2.44. The van der Waals surface area contributed by atoms with Crippen molar-refractivity contribution in [3.8, 4) is 11.8 Å². The molecule has 0 N–H and O–H groups in total. The van der Waals surface area contributed by atoms with Crippen molar-refractivity contribution in [1.29, 1.82) is 5.26 Å². The molecule has 0 saturated heterocycles. The van der Waals surface area contributed by atoms with Crippen LogP contribution in [0, 0.1) is 16.7 Å². The molecule has 1 aromatic rings. The lowest BCUT2D eigenvalue weighted by molar-refractivity contribution is -0.133. The molecule has 0 aliphatic rings. The highest BCUT2D eigenvalue weighted by atomic mass is 16.5. The number of nitrogens with zero attached hydrogens (tertiary/aromatic N) is 2. The van der Waals surface area contributed by atoms with Crippen LogP contribution < -0.4 is 4.74 Å². The van der Waals surface area contributed by atoms with E-state index >= 15 is 0 Å². The van der Waals surface area contributed by atoms with E-state index in [-0.39, 0.29) is 17.9 Å². The molecule has 0 radical (unpaired) electrons. The van der Waals surface area contributed by atoms with Crippen LogP contribution in [-0.2, 0) is 4.79 Å². The summed E-state index contributed by atoms with van der Waals surface area (Å²) in [5, 5.41) is 8.92. The molecule has 0 spiro atoms. The summed E-state index contributed by atoms with van der Waals surface area (Å²) < 4.78 is 5.41. The Morgan fingerprint density at radius 3 is 2.58 bits per heavy atom. The molecule has 0 saturated carbocycles. The number of nitriles is 1. The molecule has 1 rings (SSSR count). The van der Waals surface area contributed by atoms with E-state index in [1.165, 1.54) is 0 Å². The Morgan fingerprint density at radius 1 is 1.37 bits per heavy atom. The second kappa shape index (κ2) is 6.24. The molecule has 0 aromatic heterocycles. The molecular weight excluding hydrogens is 240 g/mol. The van der Waals surface area contributed by atoms with Crippen LogP contribution in [0.1, 0.15) is 26.3 Å². The average molecular weight is 260 g/mol. The summed E-state index contributed by atoms with van der Waals surface area (Å²) in [5.41, 5.74) is 0.489. The van der Waals surface area contributed by atoms with E-state index in [0.29, 0.717) is 17.9 Å². The second-order valence-corrected chi connectivity index (χ2v) is 5.71. The van der Waals surface area contributed by atoms with E-state index in [9.17, 15) is 4.79 Å². The molecular formula is C15H20N2O2. The van der Waals surface area contributed by atoms with Crippen molar-refractivity contribution in [2.24, 2.45) is 5.41 Å². The number of hydrogen-bond donors (Lipinski definition) is 0. The van der Waals surface area contributed by atoms with Gasteiger partial charge < -0.3 is 9.64 Å². The predicted molar refractivity (Wildman–Crippen MR) is 73.7 cm³/mol. The van der Waals surface area contributed by atoms with E-state index in [0.717, 1.165) is 0 Å². The number of rotatable bonds is 4. The van der Waals surface area contributed by atoms with Gasteiger partial charge in [0.25, 0.3) is 5.91 Å². The minimum atomic E-state index is -0.0948. The van der Waals surface area contributed by atoms with Crippen molar-refractivity contribution < 1.29 is 9.53 Å². The number of carbonyl (C=O) groups excluding carboxylic acids is 1. The van der Waals surface area contributed by atoms with E-state index in [4.69, 9.17) is 10.00 Å². The van der Waals surface area contributed by atoms with Crippen molar-refractivity contribution in [2.45, 2.75) is 20.8 Å². The quantitative estimate of drug-likeness (QED) is 0.835. The Morgan fingerprint density at radius 2 is 2.00 bits per heavy atom. The van der Waals surface area contributed by atoms with E-state index in [2.05, 4.69) is 20.8 Å². The van der Waals surface area contributed by atoms with E-state index in [1.807, 2.05) is 6.07 Å². The summed E-state index contributed by atoms with van der Waals surface area (Å²) in [6.45, 7) is 6.83. The van der Waals surface area contributed by atoms with Gasteiger partial charge in [0.05, 0.1) is 5.56 Å². The summed E-state index contributed by atoms with van der Waals surface area (Å²) >= 11 is 0. The monoisotopic (exact) mass is 260 g/mol. The number of para-hydroxylation sites is 1. The molecule has 0 unspecified atom stereocenters. The van der Waals surface area contributed by atoms with E-state index < -0.39 is 0 Å². The zero-order valence-corrected chi connectivity index (χ0v) is 11.9. The fourth-order valence-electron chi connectivity index (χ4n) is 1.73. The third kappa shape index (κ3) is 5.01. The van der Waals surface area contributed by atoms with Gasteiger partial charge in [-0.3, -0.25) is 4.79 Å². The standard InChI is InChI=1S/C15H20N2O2/c1-15(2,3)11-17(4)14(18)10-19-13-8-6-5-7-12(13)9-16/h5-8H,10-11H2,1-4H3. The molecule has 4 nitrogen and oxygen atoms in total. The molecule has 0 heterocycles. The van der Waals surface area contributed by atoms with Gasteiger partial charge in [0.2, 0.25) is 0 Å². The number of amides is 1. The maximum atomic E-state index is 11.9. The second-order valence-electron chi connectivity index (χ2n) is 5.71. The topological polar surface area (TPSA) is 53.3 Å². The van der Waals surface area contributed by atoms with Gasteiger partial charge in [-0.2, -0.15) is 5.26 Å². The highest BCUT2D eigenvalue weighted by Gasteiger charge is 2.18. The smallest absolute Gasteiger partial charge is 0.260 e. The van der Waals surface area contributed by atoms with Crippen molar-refractivity contribution in [1.82, 2.24) is 4.90 Å². The van der Waals surface area contributed by atoms with Crippen molar-refractivity contribution in [3.05, 3.63) is 29.8 Å². The Kier molecular flexibility index (Phi) is 4.94. The lowest BCUT2D eigenvalue weighted by Crippen LogP contribution is -2.37. The van der Waals surface area contributed by atoms with Crippen LogP contribution in [0.2, 0.25) is 0 Å². The lowest BCUT2D eigenvalue weighted by Gasteiger charge is -2.26. The first-order chi connectivity index (χ1) is 8.83. The van der Waals surface area contributed by atoms with Crippen LogP contribution in [0.25, 0.3) is 0 Å². The summed E-state index contributed by atoms with van der Waals surface area (Å²) in [5.74, 6) is 0.352. The van der Waals surface area contributed by atoms with Crippen LogP contribution in [0.15, 0.2) is 24.3 Å². The molecule has 4 heteroatoms. The summed E-state index contributed by atoms with van der Waals surface area (Å²) in [4.78, 5) is 13.6. The SMILES string of the molecule is CN(CC(C)(C)C)C(=O)COc1ccccc1C#N. The molecule has 0 fully saturated rings. The lowest BCUT2D eigenvalue weighted by atomic mass is 9.96. The minimum Gasteiger partial charge on any atom is -0.482 e. The fraction of sp³-hybridized carbons (Fsp3) is 0.467. The Bertz CT molecular complexity index is 484. The Balaban J connectivity index is 2.57. The Labute approximate surface area is 114 Å². The van der Waals surface area contributed by atoms with Gasteiger partial charge in [-0.1, -0.05) is 32.9 Å². The first-order valence-corrected chi connectivity index (χ1v) is 6.19. The normalized spacial score (nSPS) is 10.7. The maximum absolute atomic E-state index is 11.9. The van der Waals surface area contributed by atoms with Gasteiger partial charge in [0.1, 0.15) is 11.8 Å². The molecule has 0 bridgehead atoms. The van der Waals surface area contributed by atoms with Crippen LogP contribution >= 0.6 is 0 Å². The fourth-order valence-corrected chi connectivity index (χ4v) is 1.73. The highest BCUT2D eigenvalue weighted by Crippen LogP contribution is 2.17. The summed E-state index contributed by atoms with van der Waals surface area (Å²) in [6.07, 6.45) is 0. The van der Waals surface area contributed by atoms with Crippen LogP contribution in [-0.4, -0.2) is 31.0 Å². The highest BCUT2D eigenvalue weighted by molar-refractivity contribution is 5.77.